The molecule has 1 aromatic carbocycles. The minimum absolute atomic E-state index is 0.0849. The highest BCUT2D eigenvalue weighted by Crippen LogP contribution is 2.25. The molecule has 0 radical (unpaired) electrons. The molecule has 21 heavy (non-hydrogen) atoms. The van der Waals surface area contributed by atoms with Crippen LogP contribution in [0.5, 0.6) is 11.5 Å². The summed E-state index contributed by atoms with van der Waals surface area (Å²) in [6.07, 6.45) is 5.08. The molecule has 0 amide bonds. The maximum atomic E-state index is 9.55. The summed E-state index contributed by atoms with van der Waals surface area (Å²) in [5.74, 6) is 1.00. The minimum atomic E-state index is 0.0849. The second-order valence-corrected chi connectivity index (χ2v) is 4.82. The number of ether oxygens (including phenoxy) is 1. The quantitative estimate of drug-likeness (QED) is 0.576. The van der Waals surface area contributed by atoms with Gasteiger partial charge >= 0.3 is 0 Å². The molecule has 0 aliphatic carbocycles. The lowest BCUT2D eigenvalue weighted by Crippen LogP contribution is -1.92. The molecule has 0 atom stereocenters. The third kappa shape index (κ3) is 2.42. The average molecular weight is 304 g/mol. The van der Waals surface area contributed by atoms with E-state index in [9.17, 15) is 5.11 Å². The largest absolute Gasteiger partial charge is 0.504 e. The first-order valence-electron chi connectivity index (χ1n) is 5.97. The molecule has 2 aromatic heterocycles. The second kappa shape index (κ2) is 5.44. The van der Waals surface area contributed by atoms with E-state index < -0.39 is 0 Å². The summed E-state index contributed by atoms with van der Waals surface area (Å²) >= 11 is 1.46. The highest BCUT2D eigenvalue weighted by Gasteiger charge is 2.09. The van der Waals surface area contributed by atoms with Gasteiger partial charge in [-0.2, -0.15) is 19.4 Å². The predicted molar refractivity (Wildman–Crippen MR) is 78.2 cm³/mol. The molecule has 0 saturated carbocycles. The Labute approximate surface area is 124 Å². The van der Waals surface area contributed by atoms with Gasteiger partial charge in [-0.25, -0.2) is 0 Å². The van der Waals surface area contributed by atoms with Gasteiger partial charge in [0, 0.05) is 0 Å². The zero-order valence-electron chi connectivity index (χ0n) is 11.3. The summed E-state index contributed by atoms with van der Waals surface area (Å²) in [4.78, 5) is 0. The second-order valence-electron chi connectivity index (χ2n) is 4.05. The molecule has 0 unspecified atom stereocenters. The molecule has 2 heterocycles. The fraction of sp³-hybridized carbons (Fsp3) is 0.167. The summed E-state index contributed by atoms with van der Waals surface area (Å²) in [6.45, 7) is 0. The molecular formula is C12H12N6O2S. The molecule has 8 nitrogen and oxygen atoms in total. The molecule has 0 aliphatic heterocycles. The van der Waals surface area contributed by atoms with Crippen LogP contribution in [0.3, 0.4) is 0 Å². The summed E-state index contributed by atoms with van der Waals surface area (Å²) in [7, 11) is 1.50. The third-order valence-electron chi connectivity index (χ3n) is 2.79. The number of hydrogen-bond donors (Lipinski definition) is 1. The van der Waals surface area contributed by atoms with Crippen LogP contribution >= 0.6 is 11.8 Å². The lowest BCUT2D eigenvalue weighted by Gasteiger charge is -2.03. The predicted octanol–water partition coefficient (Wildman–Crippen LogP) is 1.24. The highest BCUT2D eigenvalue weighted by molar-refractivity contribution is 7.98. The van der Waals surface area contributed by atoms with E-state index in [-0.39, 0.29) is 5.75 Å². The standard InChI is InChI=1S/C12H12N6O2S/c1-20-10-5-8(3-4-9(10)19)6-13-17-7-14-18-11(17)15-16-12(18)21-2/h3-7,19H,1-2H3/b13-6-. The molecule has 0 bridgehead atoms. The summed E-state index contributed by atoms with van der Waals surface area (Å²) < 4.78 is 8.18. The van der Waals surface area contributed by atoms with E-state index in [4.69, 9.17) is 4.74 Å². The van der Waals surface area contributed by atoms with Crippen LogP contribution in [0.25, 0.3) is 5.78 Å². The molecule has 3 aromatic rings. The van der Waals surface area contributed by atoms with Crippen LogP contribution in [-0.4, -0.2) is 49.2 Å². The van der Waals surface area contributed by atoms with Gasteiger partial charge in [0.25, 0.3) is 5.78 Å². The van der Waals surface area contributed by atoms with Crippen molar-refractivity contribution in [2.75, 3.05) is 13.4 Å². The average Bonchev–Trinajstić information content (AvgIpc) is 3.08. The van der Waals surface area contributed by atoms with Crippen LogP contribution in [-0.2, 0) is 0 Å². The molecule has 0 saturated heterocycles. The number of hydrogen-bond acceptors (Lipinski definition) is 7. The number of methoxy groups -OCH3 is 1. The zero-order valence-corrected chi connectivity index (χ0v) is 12.2. The van der Waals surface area contributed by atoms with Crippen LogP contribution in [0.2, 0.25) is 0 Å². The van der Waals surface area contributed by atoms with Gasteiger partial charge in [0.05, 0.1) is 13.3 Å². The number of phenolic OH excluding ortho intramolecular Hbond substituents is 1. The Morgan fingerprint density at radius 1 is 1.38 bits per heavy atom. The van der Waals surface area contributed by atoms with E-state index >= 15 is 0 Å². The lowest BCUT2D eigenvalue weighted by molar-refractivity contribution is 0.373. The zero-order chi connectivity index (χ0) is 14.8. The Morgan fingerprint density at radius 2 is 2.24 bits per heavy atom. The van der Waals surface area contributed by atoms with Gasteiger partial charge in [0.1, 0.15) is 6.33 Å². The molecular weight excluding hydrogens is 292 g/mol. The van der Waals surface area contributed by atoms with Crippen LogP contribution in [0.15, 0.2) is 34.8 Å². The first-order valence-corrected chi connectivity index (χ1v) is 7.19. The van der Waals surface area contributed by atoms with Crippen molar-refractivity contribution >= 4 is 23.8 Å². The van der Waals surface area contributed by atoms with E-state index in [0.29, 0.717) is 16.7 Å². The molecule has 9 heteroatoms. The van der Waals surface area contributed by atoms with Crippen molar-refractivity contribution in [1.82, 2.24) is 24.5 Å². The number of phenols is 1. The molecule has 0 aliphatic rings. The maximum Gasteiger partial charge on any atom is 0.275 e. The molecule has 3 rings (SSSR count). The van der Waals surface area contributed by atoms with Crippen LogP contribution < -0.4 is 4.74 Å². The Balaban J connectivity index is 1.92. The first-order chi connectivity index (χ1) is 10.2. The number of thioether (sulfide) groups is 1. The Bertz CT molecular complexity index is 809. The maximum absolute atomic E-state index is 9.55. The molecule has 1 N–H and O–H groups in total. The third-order valence-corrected chi connectivity index (χ3v) is 3.41. The first kappa shape index (κ1) is 13.4. The van der Waals surface area contributed by atoms with E-state index in [0.717, 1.165) is 5.56 Å². The van der Waals surface area contributed by atoms with Crippen molar-refractivity contribution in [3.05, 3.63) is 30.1 Å². The normalized spacial score (nSPS) is 11.5. The van der Waals surface area contributed by atoms with Crippen molar-refractivity contribution in [2.45, 2.75) is 5.16 Å². The van der Waals surface area contributed by atoms with E-state index in [2.05, 4.69) is 20.4 Å². The van der Waals surface area contributed by atoms with E-state index in [1.807, 2.05) is 6.26 Å². The molecule has 0 fully saturated rings. The van der Waals surface area contributed by atoms with Gasteiger partial charge in [0.15, 0.2) is 11.5 Å². The number of nitrogens with zero attached hydrogens (tertiary/aromatic N) is 6. The topological polar surface area (TPSA) is 89.8 Å². The lowest BCUT2D eigenvalue weighted by atomic mass is 10.2. The van der Waals surface area contributed by atoms with Crippen molar-refractivity contribution in [1.29, 1.82) is 0 Å². The monoisotopic (exact) mass is 304 g/mol. The number of aromatic hydroxyl groups is 1. The summed E-state index contributed by atoms with van der Waals surface area (Å²) in [5, 5.41) is 26.7. The van der Waals surface area contributed by atoms with E-state index in [1.54, 1.807) is 35.3 Å². The van der Waals surface area contributed by atoms with Crippen LogP contribution in [0.4, 0.5) is 0 Å². The van der Waals surface area contributed by atoms with Crippen molar-refractivity contribution in [2.24, 2.45) is 5.10 Å². The fourth-order valence-electron chi connectivity index (χ4n) is 1.77. The Morgan fingerprint density at radius 3 is 3.00 bits per heavy atom. The van der Waals surface area contributed by atoms with Crippen molar-refractivity contribution < 1.29 is 9.84 Å². The molecule has 0 spiro atoms. The smallest absolute Gasteiger partial charge is 0.275 e. The number of fused-ring (bicyclic) bond motifs is 1. The SMILES string of the molecule is COc1cc(/C=N\n2cnn3c(SC)nnc23)ccc1O. The summed E-state index contributed by atoms with van der Waals surface area (Å²) in [6, 6.07) is 4.96. The van der Waals surface area contributed by atoms with Crippen molar-refractivity contribution in [3.63, 3.8) is 0 Å². The minimum Gasteiger partial charge on any atom is -0.504 e. The van der Waals surface area contributed by atoms with Gasteiger partial charge in [-0.1, -0.05) is 11.8 Å². The van der Waals surface area contributed by atoms with Gasteiger partial charge in [-0.3, -0.25) is 0 Å². The van der Waals surface area contributed by atoms with Crippen LogP contribution in [0.1, 0.15) is 5.56 Å². The van der Waals surface area contributed by atoms with Gasteiger partial charge < -0.3 is 9.84 Å². The Kier molecular flexibility index (Phi) is 3.48. The highest BCUT2D eigenvalue weighted by atomic mass is 32.2. The number of aromatic nitrogens is 5. The number of benzene rings is 1. The van der Waals surface area contributed by atoms with Crippen molar-refractivity contribution in [3.8, 4) is 11.5 Å². The van der Waals surface area contributed by atoms with Gasteiger partial charge in [0.2, 0.25) is 5.16 Å². The van der Waals surface area contributed by atoms with Crippen LogP contribution in [0, 0.1) is 0 Å². The fourth-order valence-corrected chi connectivity index (χ4v) is 2.19. The summed E-state index contributed by atoms with van der Waals surface area (Å²) in [5.41, 5.74) is 0.779. The van der Waals surface area contributed by atoms with E-state index in [1.165, 1.54) is 23.5 Å². The molecule has 108 valence electrons. The van der Waals surface area contributed by atoms with Gasteiger partial charge in [-0.15, -0.1) is 10.2 Å². The Hall–Kier alpha value is -2.55. The number of rotatable bonds is 4. The van der Waals surface area contributed by atoms with Gasteiger partial charge in [-0.05, 0) is 30.0 Å².